The van der Waals surface area contributed by atoms with Gasteiger partial charge in [0, 0.05) is 24.9 Å². The van der Waals surface area contributed by atoms with E-state index in [1.807, 2.05) is 24.3 Å². The SMILES string of the molecule is CS(=O)(=O)Cc1cccc(C(=O)Nc2ccccc2N2CCCCCC2)c1. The van der Waals surface area contributed by atoms with Crippen molar-refractivity contribution < 1.29 is 13.2 Å². The Labute approximate surface area is 161 Å². The number of carbonyl (C=O) groups is 1. The van der Waals surface area contributed by atoms with Crippen molar-refractivity contribution in [1.29, 1.82) is 0 Å². The molecule has 6 heteroatoms. The summed E-state index contributed by atoms with van der Waals surface area (Å²) in [6.07, 6.45) is 6.01. The number of carbonyl (C=O) groups excluding carboxylic acids is 1. The smallest absolute Gasteiger partial charge is 0.255 e. The van der Waals surface area contributed by atoms with Gasteiger partial charge in [-0.2, -0.15) is 0 Å². The molecule has 1 aliphatic rings. The number of para-hydroxylation sites is 2. The van der Waals surface area contributed by atoms with Gasteiger partial charge < -0.3 is 10.2 Å². The monoisotopic (exact) mass is 386 g/mol. The summed E-state index contributed by atoms with van der Waals surface area (Å²) in [5, 5.41) is 3.00. The molecule has 144 valence electrons. The van der Waals surface area contributed by atoms with Gasteiger partial charge in [-0.3, -0.25) is 4.79 Å². The third-order valence-electron chi connectivity index (χ3n) is 4.72. The maximum atomic E-state index is 12.8. The minimum Gasteiger partial charge on any atom is -0.370 e. The van der Waals surface area contributed by atoms with Crippen LogP contribution in [0.1, 0.15) is 41.6 Å². The molecule has 27 heavy (non-hydrogen) atoms. The Morgan fingerprint density at radius 2 is 1.70 bits per heavy atom. The van der Waals surface area contributed by atoms with Crippen molar-refractivity contribution in [2.24, 2.45) is 0 Å². The first-order chi connectivity index (χ1) is 12.9. The lowest BCUT2D eigenvalue weighted by Crippen LogP contribution is -2.25. The van der Waals surface area contributed by atoms with Crippen LogP contribution in [-0.4, -0.2) is 33.7 Å². The second-order valence-corrected chi connectivity index (χ2v) is 9.28. The van der Waals surface area contributed by atoms with Crippen molar-refractivity contribution in [2.75, 3.05) is 29.6 Å². The third kappa shape index (κ3) is 5.57. The zero-order valence-corrected chi connectivity index (χ0v) is 16.5. The van der Waals surface area contributed by atoms with Crippen LogP contribution in [-0.2, 0) is 15.6 Å². The molecule has 0 spiro atoms. The lowest BCUT2D eigenvalue weighted by atomic mass is 10.1. The summed E-state index contributed by atoms with van der Waals surface area (Å²) in [7, 11) is -3.14. The number of hydrogen-bond acceptors (Lipinski definition) is 4. The van der Waals surface area contributed by atoms with Gasteiger partial charge in [0.15, 0.2) is 9.84 Å². The quantitative estimate of drug-likeness (QED) is 0.847. The van der Waals surface area contributed by atoms with Gasteiger partial charge in [0.2, 0.25) is 0 Å². The fourth-order valence-electron chi connectivity index (χ4n) is 3.47. The zero-order valence-electron chi connectivity index (χ0n) is 15.6. The molecule has 1 N–H and O–H groups in total. The average Bonchev–Trinajstić information content (AvgIpc) is 2.90. The second kappa shape index (κ2) is 8.57. The number of sulfone groups is 1. The standard InChI is InChI=1S/C21H26N2O3S/c1-27(25,26)16-17-9-8-10-18(15-17)21(24)22-19-11-4-5-12-20(19)23-13-6-2-3-7-14-23/h4-5,8-12,15H,2-3,6-7,13-14,16H2,1H3,(H,22,24). The highest BCUT2D eigenvalue weighted by Crippen LogP contribution is 2.28. The normalized spacial score (nSPS) is 15.2. The molecule has 1 saturated heterocycles. The van der Waals surface area contributed by atoms with E-state index in [4.69, 9.17) is 0 Å². The fraction of sp³-hybridized carbons (Fsp3) is 0.381. The van der Waals surface area contributed by atoms with Gasteiger partial charge in [-0.1, -0.05) is 37.1 Å². The molecule has 0 aromatic heterocycles. The summed E-state index contributed by atoms with van der Waals surface area (Å²) in [4.78, 5) is 15.1. The molecule has 0 atom stereocenters. The first kappa shape index (κ1) is 19.4. The third-order valence-corrected chi connectivity index (χ3v) is 5.57. The highest BCUT2D eigenvalue weighted by Gasteiger charge is 2.16. The number of hydrogen-bond donors (Lipinski definition) is 1. The Morgan fingerprint density at radius 3 is 2.41 bits per heavy atom. The molecular formula is C21H26N2O3S. The van der Waals surface area contributed by atoms with Crippen LogP contribution in [0.3, 0.4) is 0 Å². The number of amides is 1. The van der Waals surface area contributed by atoms with Crippen molar-refractivity contribution in [3.63, 3.8) is 0 Å². The van der Waals surface area contributed by atoms with Gasteiger partial charge in [0.25, 0.3) is 5.91 Å². The van der Waals surface area contributed by atoms with E-state index in [1.165, 1.54) is 19.1 Å². The predicted octanol–water partition coefficient (Wildman–Crippen LogP) is 3.86. The molecule has 0 aliphatic carbocycles. The van der Waals surface area contributed by atoms with E-state index in [2.05, 4.69) is 10.2 Å². The molecule has 2 aromatic rings. The number of nitrogens with zero attached hydrogens (tertiary/aromatic N) is 1. The summed E-state index contributed by atoms with van der Waals surface area (Å²) in [6.45, 7) is 1.99. The van der Waals surface area contributed by atoms with Crippen LogP contribution in [0.5, 0.6) is 0 Å². The molecule has 1 fully saturated rings. The number of anilines is 2. The summed E-state index contributed by atoms with van der Waals surface area (Å²) in [6, 6.07) is 14.7. The molecule has 1 heterocycles. The van der Waals surface area contributed by atoms with Gasteiger partial charge >= 0.3 is 0 Å². The lowest BCUT2D eigenvalue weighted by Gasteiger charge is -2.25. The summed E-state index contributed by atoms with van der Waals surface area (Å²) >= 11 is 0. The maximum absolute atomic E-state index is 12.8. The van der Waals surface area contributed by atoms with Crippen molar-refractivity contribution in [2.45, 2.75) is 31.4 Å². The van der Waals surface area contributed by atoms with Crippen LogP contribution in [0, 0.1) is 0 Å². The molecule has 0 radical (unpaired) electrons. The minimum absolute atomic E-state index is 0.0709. The van der Waals surface area contributed by atoms with Crippen molar-refractivity contribution in [3.8, 4) is 0 Å². The van der Waals surface area contributed by atoms with E-state index in [0.29, 0.717) is 11.1 Å². The van der Waals surface area contributed by atoms with Crippen LogP contribution in [0.2, 0.25) is 0 Å². The highest BCUT2D eigenvalue weighted by atomic mass is 32.2. The first-order valence-electron chi connectivity index (χ1n) is 9.34. The van der Waals surface area contributed by atoms with Crippen LogP contribution in [0.15, 0.2) is 48.5 Å². The van der Waals surface area contributed by atoms with Crippen LogP contribution >= 0.6 is 0 Å². The minimum atomic E-state index is -3.14. The zero-order chi connectivity index (χ0) is 19.3. The molecule has 2 aromatic carbocycles. The van der Waals surface area contributed by atoms with Crippen molar-refractivity contribution in [3.05, 3.63) is 59.7 Å². The van der Waals surface area contributed by atoms with Crippen LogP contribution in [0.25, 0.3) is 0 Å². The average molecular weight is 387 g/mol. The van der Waals surface area contributed by atoms with E-state index in [-0.39, 0.29) is 11.7 Å². The van der Waals surface area contributed by atoms with Crippen molar-refractivity contribution >= 4 is 27.1 Å². The molecule has 0 saturated carbocycles. The van der Waals surface area contributed by atoms with Gasteiger partial charge in [0.1, 0.15) is 0 Å². The van der Waals surface area contributed by atoms with Crippen LogP contribution in [0.4, 0.5) is 11.4 Å². The second-order valence-electron chi connectivity index (χ2n) is 7.14. The molecular weight excluding hydrogens is 360 g/mol. The Balaban J connectivity index is 1.79. The Morgan fingerprint density at radius 1 is 1.00 bits per heavy atom. The van der Waals surface area contributed by atoms with Gasteiger partial charge in [-0.25, -0.2) is 8.42 Å². The Kier molecular flexibility index (Phi) is 6.16. The molecule has 1 amide bonds. The van der Waals surface area contributed by atoms with E-state index in [1.54, 1.807) is 24.3 Å². The maximum Gasteiger partial charge on any atom is 0.255 e. The molecule has 3 rings (SSSR count). The predicted molar refractivity (Wildman–Crippen MR) is 110 cm³/mol. The molecule has 5 nitrogen and oxygen atoms in total. The number of benzene rings is 2. The number of rotatable bonds is 5. The summed E-state index contributed by atoms with van der Waals surface area (Å²) in [5.41, 5.74) is 2.91. The summed E-state index contributed by atoms with van der Waals surface area (Å²) in [5.74, 6) is -0.300. The lowest BCUT2D eigenvalue weighted by molar-refractivity contribution is 0.102. The van der Waals surface area contributed by atoms with E-state index < -0.39 is 9.84 Å². The van der Waals surface area contributed by atoms with Crippen LogP contribution < -0.4 is 10.2 Å². The van der Waals surface area contributed by atoms with E-state index in [9.17, 15) is 13.2 Å². The van der Waals surface area contributed by atoms with Gasteiger partial charge in [-0.15, -0.1) is 0 Å². The van der Waals surface area contributed by atoms with Crippen molar-refractivity contribution in [1.82, 2.24) is 0 Å². The van der Waals surface area contributed by atoms with E-state index in [0.717, 1.165) is 37.3 Å². The van der Waals surface area contributed by atoms with Gasteiger partial charge in [-0.05, 0) is 42.7 Å². The Bertz CT molecular complexity index is 901. The van der Waals surface area contributed by atoms with E-state index >= 15 is 0 Å². The topological polar surface area (TPSA) is 66.5 Å². The highest BCUT2D eigenvalue weighted by molar-refractivity contribution is 7.89. The molecule has 1 aliphatic heterocycles. The van der Waals surface area contributed by atoms with Gasteiger partial charge in [0.05, 0.1) is 17.1 Å². The number of nitrogens with one attached hydrogen (secondary N) is 1. The fourth-order valence-corrected chi connectivity index (χ4v) is 4.25. The largest absolute Gasteiger partial charge is 0.370 e. The molecule has 0 bridgehead atoms. The summed E-state index contributed by atoms with van der Waals surface area (Å²) < 4.78 is 23.0. The Hall–Kier alpha value is -2.34. The molecule has 0 unspecified atom stereocenters. The first-order valence-corrected chi connectivity index (χ1v) is 11.4.